The number of nitrogens with zero attached hydrogens (tertiary/aromatic N) is 1. The van der Waals surface area contributed by atoms with Gasteiger partial charge in [-0.05, 0) is 62.9 Å². The number of hydrogen-bond donors (Lipinski definition) is 1. The number of likely N-dealkylation sites (tertiary alicyclic amines) is 1. The maximum Gasteiger partial charge on any atom is 0.295 e. The molecule has 0 aliphatic carbocycles. The quantitative estimate of drug-likeness (QED) is 0.207. The van der Waals surface area contributed by atoms with E-state index in [1.165, 1.54) is 4.90 Å². The average Bonchev–Trinajstić information content (AvgIpc) is 3.07. The van der Waals surface area contributed by atoms with Gasteiger partial charge in [-0.15, -0.1) is 0 Å². The van der Waals surface area contributed by atoms with Gasteiger partial charge >= 0.3 is 0 Å². The van der Waals surface area contributed by atoms with Gasteiger partial charge in [0.1, 0.15) is 11.5 Å². The smallest absolute Gasteiger partial charge is 0.295 e. The molecule has 0 aromatic heterocycles. The summed E-state index contributed by atoms with van der Waals surface area (Å²) in [4.78, 5) is 27.7. The first-order valence-electron chi connectivity index (χ1n) is 11.7. The minimum absolute atomic E-state index is 0.0549. The third kappa shape index (κ3) is 5.62. The number of amides is 1. The fraction of sp³-hybridized carbons (Fsp3) is 0.407. The van der Waals surface area contributed by atoms with E-state index < -0.39 is 17.7 Å². The zero-order valence-corrected chi connectivity index (χ0v) is 20.9. The van der Waals surface area contributed by atoms with Gasteiger partial charge in [-0.3, -0.25) is 9.59 Å². The molecule has 2 aromatic rings. The molecule has 1 unspecified atom stereocenters. The number of aliphatic hydroxyl groups excluding tert-OH is 1. The van der Waals surface area contributed by atoms with Gasteiger partial charge in [-0.2, -0.15) is 0 Å². The molecule has 0 bridgehead atoms. The molecule has 0 radical (unpaired) electrons. The number of ether oxygens (including phenoxy) is 2. The molecule has 1 amide bonds. The molecule has 1 saturated heterocycles. The Bertz CT molecular complexity index is 1060. The van der Waals surface area contributed by atoms with E-state index in [1.807, 2.05) is 45.0 Å². The number of halogens is 1. The van der Waals surface area contributed by atoms with Gasteiger partial charge in [0, 0.05) is 18.7 Å². The second-order valence-electron chi connectivity index (χ2n) is 8.44. The lowest BCUT2D eigenvalue weighted by atomic mass is 9.94. The van der Waals surface area contributed by atoms with Crippen LogP contribution in [0, 0.1) is 0 Å². The summed E-state index contributed by atoms with van der Waals surface area (Å²) in [5.74, 6) is -1.11. The number of ketones is 1. The lowest BCUT2D eigenvalue weighted by molar-refractivity contribution is -0.140. The molecule has 182 valence electrons. The first kappa shape index (κ1) is 25.8. The standard InChI is InChI=1S/C27H32ClNO5/c1-5-18-8-10-19(11-9-18)24-23(25(30)20-12-13-22(33-6-2)21(28)16-20)26(31)27(32)29(24)14-7-15-34-17(3)4/h8-13,16-17,24,30H,5-7,14-15H2,1-4H3/b25-23+. The monoisotopic (exact) mass is 485 g/mol. The van der Waals surface area contributed by atoms with Crippen molar-refractivity contribution in [1.29, 1.82) is 0 Å². The van der Waals surface area contributed by atoms with Crippen LogP contribution in [0.3, 0.4) is 0 Å². The zero-order chi connectivity index (χ0) is 24.8. The van der Waals surface area contributed by atoms with E-state index in [4.69, 9.17) is 21.1 Å². The summed E-state index contributed by atoms with van der Waals surface area (Å²) in [5.41, 5.74) is 2.31. The van der Waals surface area contributed by atoms with Crippen LogP contribution in [0.15, 0.2) is 48.0 Å². The van der Waals surface area contributed by atoms with Crippen molar-refractivity contribution in [1.82, 2.24) is 4.90 Å². The highest BCUT2D eigenvalue weighted by Gasteiger charge is 2.45. The van der Waals surface area contributed by atoms with Crippen molar-refractivity contribution in [3.8, 4) is 5.75 Å². The maximum atomic E-state index is 13.1. The summed E-state index contributed by atoms with van der Waals surface area (Å²) in [5, 5.41) is 11.5. The van der Waals surface area contributed by atoms with E-state index in [-0.39, 0.29) is 17.4 Å². The van der Waals surface area contributed by atoms with Crippen LogP contribution in [-0.2, 0) is 20.7 Å². The van der Waals surface area contributed by atoms with Crippen molar-refractivity contribution < 1.29 is 24.2 Å². The Morgan fingerprint density at radius 1 is 1.12 bits per heavy atom. The lowest BCUT2D eigenvalue weighted by Gasteiger charge is -2.25. The number of hydrogen-bond acceptors (Lipinski definition) is 5. The molecule has 34 heavy (non-hydrogen) atoms. The number of aliphatic hydroxyl groups is 1. The number of aryl methyl sites for hydroxylation is 1. The van der Waals surface area contributed by atoms with E-state index in [0.717, 1.165) is 17.5 Å². The number of Topliss-reactive ketones (excluding diaryl/α,β-unsaturated/α-hetero) is 1. The van der Waals surface area contributed by atoms with Crippen LogP contribution in [0.1, 0.15) is 56.8 Å². The molecule has 0 spiro atoms. The Morgan fingerprint density at radius 2 is 1.82 bits per heavy atom. The third-order valence-electron chi connectivity index (χ3n) is 5.74. The van der Waals surface area contributed by atoms with Crippen molar-refractivity contribution in [2.45, 2.75) is 52.7 Å². The van der Waals surface area contributed by atoms with E-state index in [1.54, 1.807) is 18.2 Å². The van der Waals surface area contributed by atoms with Crippen molar-refractivity contribution in [2.24, 2.45) is 0 Å². The third-order valence-corrected chi connectivity index (χ3v) is 6.04. The molecule has 7 heteroatoms. The number of benzene rings is 2. The van der Waals surface area contributed by atoms with Crippen molar-refractivity contribution >= 4 is 29.1 Å². The molecule has 1 N–H and O–H groups in total. The second kappa shape index (κ2) is 11.5. The van der Waals surface area contributed by atoms with Crippen LogP contribution in [0.4, 0.5) is 0 Å². The van der Waals surface area contributed by atoms with Gasteiger partial charge in [0.05, 0.1) is 29.3 Å². The molecule has 1 heterocycles. The Kier molecular flexibility index (Phi) is 8.75. The fourth-order valence-electron chi connectivity index (χ4n) is 4.02. The van der Waals surface area contributed by atoms with Crippen LogP contribution in [0.5, 0.6) is 5.75 Å². The summed E-state index contributed by atoms with van der Waals surface area (Å²) >= 11 is 6.31. The summed E-state index contributed by atoms with van der Waals surface area (Å²) < 4.78 is 11.1. The molecular weight excluding hydrogens is 454 g/mol. The minimum atomic E-state index is -0.711. The second-order valence-corrected chi connectivity index (χ2v) is 8.85. The van der Waals surface area contributed by atoms with Gasteiger partial charge in [-0.25, -0.2) is 0 Å². The number of carbonyl (C=O) groups is 2. The zero-order valence-electron chi connectivity index (χ0n) is 20.1. The maximum absolute atomic E-state index is 13.1. The van der Waals surface area contributed by atoms with Crippen LogP contribution in [0.25, 0.3) is 5.76 Å². The molecule has 0 saturated carbocycles. The predicted octanol–water partition coefficient (Wildman–Crippen LogP) is 5.54. The highest BCUT2D eigenvalue weighted by molar-refractivity contribution is 6.46. The van der Waals surface area contributed by atoms with Crippen LogP contribution >= 0.6 is 11.6 Å². The Morgan fingerprint density at radius 3 is 2.41 bits per heavy atom. The normalized spacial score (nSPS) is 17.6. The lowest BCUT2D eigenvalue weighted by Crippen LogP contribution is -2.31. The average molecular weight is 486 g/mol. The Balaban J connectivity index is 2.04. The van der Waals surface area contributed by atoms with E-state index in [9.17, 15) is 14.7 Å². The number of rotatable bonds is 10. The van der Waals surface area contributed by atoms with Gasteiger partial charge < -0.3 is 19.5 Å². The van der Waals surface area contributed by atoms with Gasteiger partial charge in [-0.1, -0.05) is 42.8 Å². The largest absolute Gasteiger partial charge is 0.507 e. The van der Waals surface area contributed by atoms with Crippen molar-refractivity contribution in [3.63, 3.8) is 0 Å². The van der Waals surface area contributed by atoms with Gasteiger partial charge in [0.25, 0.3) is 11.7 Å². The molecular formula is C27H32ClNO5. The molecule has 3 rings (SSSR count). The molecule has 1 fully saturated rings. The Hall–Kier alpha value is -2.83. The highest BCUT2D eigenvalue weighted by Crippen LogP contribution is 2.40. The summed E-state index contributed by atoms with van der Waals surface area (Å²) in [7, 11) is 0. The van der Waals surface area contributed by atoms with E-state index >= 15 is 0 Å². The predicted molar refractivity (Wildman–Crippen MR) is 133 cm³/mol. The molecule has 2 aromatic carbocycles. The first-order valence-corrected chi connectivity index (χ1v) is 12.1. The van der Waals surface area contributed by atoms with Crippen LogP contribution < -0.4 is 4.74 Å². The number of carbonyl (C=O) groups excluding carboxylic acids is 2. The molecule has 1 aliphatic rings. The highest BCUT2D eigenvalue weighted by atomic mass is 35.5. The van der Waals surface area contributed by atoms with Crippen molar-refractivity contribution in [3.05, 3.63) is 69.8 Å². The minimum Gasteiger partial charge on any atom is -0.507 e. The first-order chi connectivity index (χ1) is 16.3. The summed E-state index contributed by atoms with van der Waals surface area (Å²) in [6, 6.07) is 11.9. The fourth-order valence-corrected chi connectivity index (χ4v) is 4.26. The van der Waals surface area contributed by atoms with Gasteiger partial charge in [0.2, 0.25) is 0 Å². The van der Waals surface area contributed by atoms with E-state index in [0.29, 0.717) is 42.5 Å². The van der Waals surface area contributed by atoms with Crippen molar-refractivity contribution in [2.75, 3.05) is 19.8 Å². The summed E-state index contributed by atoms with van der Waals surface area (Å²) in [6.45, 7) is 9.06. The van der Waals surface area contributed by atoms with Gasteiger partial charge in [0.15, 0.2) is 0 Å². The van der Waals surface area contributed by atoms with Crippen LogP contribution in [-0.4, -0.2) is 47.6 Å². The molecule has 1 atom stereocenters. The van der Waals surface area contributed by atoms with E-state index in [2.05, 4.69) is 6.92 Å². The topological polar surface area (TPSA) is 76.1 Å². The Labute approximate surface area is 206 Å². The molecule has 6 nitrogen and oxygen atoms in total. The van der Waals surface area contributed by atoms with Crippen LogP contribution in [0.2, 0.25) is 5.02 Å². The SMILES string of the molecule is CCOc1ccc(/C(O)=C2\C(=O)C(=O)N(CCCOC(C)C)C2c2ccc(CC)cc2)cc1Cl. The summed E-state index contributed by atoms with van der Waals surface area (Å²) in [6.07, 6.45) is 1.53. The molecule has 1 aliphatic heterocycles.